The first kappa shape index (κ1) is 34.0. The van der Waals surface area contributed by atoms with Gasteiger partial charge in [-0.3, -0.25) is 9.69 Å². The maximum absolute atomic E-state index is 13.5. The Kier molecular flexibility index (Phi) is 11.6. The molecule has 0 saturated carbocycles. The van der Waals surface area contributed by atoms with Crippen molar-refractivity contribution in [1.29, 1.82) is 0 Å². The molecule has 8 nitrogen and oxygen atoms in total. The summed E-state index contributed by atoms with van der Waals surface area (Å²) in [5.74, 6) is 0.355. The lowest BCUT2D eigenvalue weighted by atomic mass is 10.0. The van der Waals surface area contributed by atoms with Gasteiger partial charge >= 0.3 is 5.97 Å². The zero-order chi connectivity index (χ0) is 34.5. The van der Waals surface area contributed by atoms with Crippen LogP contribution in [0, 0.1) is 0 Å². The van der Waals surface area contributed by atoms with E-state index in [-0.39, 0.29) is 6.42 Å². The van der Waals surface area contributed by atoms with Gasteiger partial charge in [-0.15, -0.1) is 0 Å². The first-order chi connectivity index (χ1) is 24.5. The predicted octanol–water partition coefficient (Wildman–Crippen LogP) is 7.34. The van der Waals surface area contributed by atoms with E-state index >= 15 is 0 Å². The number of esters is 1. The van der Waals surface area contributed by atoms with E-state index in [0.717, 1.165) is 35.1 Å². The van der Waals surface area contributed by atoms with Crippen LogP contribution in [0.4, 0.5) is 0 Å². The van der Waals surface area contributed by atoms with E-state index < -0.39 is 17.9 Å². The topological polar surface area (TPSA) is 92.9 Å². The van der Waals surface area contributed by atoms with Crippen LogP contribution in [-0.4, -0.2) is 48.1 Å². The molecule has 0 saturated heterocycles. The van der Waals surface area contributed by atoms with Crippen molar-refractivity contribution in [1.82, 2.24) is 15.2 Å². The molecule has 0 radical (unpaired) electrons. The van der Waals surface area contributed by atoms with Crippen LogP contribution in [0.2, 0.25) is 0 Å². The van der Waals surface area contributed by atoms with Crippen LogP contribution in [0.1, 0.15) is 32.6 Å². The van der Waals surface area contributed by atoms with Crippen LogP contribution in [0.3, 0.4) is 0 Å². The van der Waals surface area contributed by atoms with Crippen molar-refractivity contribution < 1.29 is 23.8 Å². The largest absolute Gasteiger partial charge is 0.492 e. The number of nitrogens with one attached hydrogen (secondary N) is 2. The minimum absolute atomic E-state index is 0.232. The van der Waals surface area contributed by atoms with Crippen LogP contribution in [0.25, 0.3) is 10.9 Å². The molecule has 2 N–H and O–H groups in total. The van der Waals surface area contributed by atoms with Gasteiger partial charge in [-0.1, -0.05) is 97.1 Å². The minimum Gasteiger partial charge on any atom is -0.492 e. The van der Waals surface area contributed by atoms with Gasteiger partial charge in [-0.05, 0) is 58.7 Å². The third kappa shape index (κ3) is 9.39. The number of methoxy groups -OCH3 is 1. The van der Waals surface area contributed by atoms with Crippen molar-refractivity contribution in [3.05, 3.63) is 167 Å². The lowest BCUT2D eigenvalue weighted by molar-refractivity contribution is -0.142. The maximum atomic E-state index is 13.5. The van der Waals surface area contributed by atoms with Crippen LogP contribution < -0.4 is 14.8 Å². The number of benzene rings is 5. The van der Waals surface area contributed by atoms with Crippen molar-refractivity contribution in [2.24, 2.45) is 0 Å². The van der Waals surface area contributed by atoms with Gasteiger partial charge in [0, 0.05) is 48.7 Å². The Morgan fingerprint density at radius 1 is 0.720 bits per heavy atom. The predicted molar refractivity (Wildman–Crippen MR) is 195 cm³/mol. The Hall–Kier alpha value is -5.86. The number of nitrogens with zero attached hydrogens (tertiary/aromatic N) is 1. The summed E-state index contributed by atoms with van der Waals surface area (Å²) in [6, 6.07) is 42.6. The summed E-state index contributed by atoms with van der Waals surface area (Å²) < 4.78 is 17.3. The van der Waals surface area contributed by atoms with E-state index in [1.165, 1.54) is 18.2 Å². The second-order valence-corrected chi connectivity index (χ2v) is 12.1. The van der Waals surface area contributed by atoms with Gasteiger partial charge in [0.15, 0.2) is 0 Å². The third-order valence-corrected chi connectivity index (χ3v) is 8.47. The number of fused-ring (bicyclic) bond motifs is 1. The molecular formula is C42H41N3O5. The van der Waals surface area contributed by atoms with E-state index in [0.29, 0.717) is 36.8 Å². The average molecular weight is 668 g/mol. The summed E-state index contributed by atoms with van der Waals surface area (Å²) in [6.07, 6.45) is 2.08. The Labute approximate surface area is 292 Å². The van der Waals surface area contributed by atoms with Crippen LogP contribution >= 0.6 is 0 Å². The van der Waals surface area contributed by atoms with Crippen LogP contribution in [0.15, 0.2) is 140 Å². The Morgan fingerprint density at radius 2 is 1.36 bits per heavy atom. The van der Waals surface area contributed by atoms with E-state index in [2.05, 4.69) is 39.5 Å². The van der Waals surface area contributed by atoms with Gasteiger partial charge in [0.2, 0.25) is 0 Å². The highest BCUT2D eigenvalue weighted by molar-refractivity contribution is 5.97. The monoisotopic (exact) mass is 667 g/mol. The summed E-state index contributed by atoms with van der Waals surface area (Å²) in [5.41, 5.74) is 5.67. The van der Waals surface area contributed by atoms with E-state index in [1.807, 2.05) is 97.2 Å². The van der Waals surface area contributed by atoms with Crippen molar-refractivity contribution >= 4 is 22.8 Å². The molecular weight excluding hydrogens is 626 g/mol. The molecule has 6 rings (SSSR count). The molecule has 0 fully saturated rings. The standard InChI is InChI=1S/C42H41N3O5/c1-48-42(47)40(25-35-27-43-39-21-20-37(26-38(35)39)50-30-33-16-9-4-10-17-33)44-41(46)34-18-11-19-36(24-34)49-23-22-45(28-31-12-5-2-6-13-31)29-32-14-7-3-8-15-32/h2-21,24,26-27,40,43H,22-23,25,28-30H2,1H3,(H,44,46). The van der Waals surface area contributed by atoms with Crippen molar-refractivity contribution in [3.8, 4) is 11.5 Å². The van der Waals surface area contributed by atoms with Gasteiger partial charge in [0.05, 0.1) is 7.11 Å². The van der Waals surface area contributed by atoms with E-state index in [9.17, 15) is 9.59 Å². The number of carbonyl (C=O) groups is 2. The molecule has 8 heteroatoms. The molecule has 1 unspecified atom stereocenters. The third-order valence-electron chi connectivity index (χ3n) is 8.47. The van der Waals surface area contributed by atoms with Crippen molar-refractivity contribution in [2.75, 3.05) is 20.3 Å². The summed E-state index contributed by atoms with van der Waals surface area (Å²) in [5, 5.41) is 3.79. The Bertz CT molecular complexity index is 1940. The molecule has 0 aliphatic carbocycles. The number of amides is 1. The van der Waals surface area contributed by atoms with Gasteiger partial charge in [0.25, 0.3) is 5.91 Å². The second kappa shape index (κ2) is 17.0. The average Bonchev–Trinajstić information content (AvgIpc) is 3.56. The molecule has 0 aliphatic rings. The normalized spacial score (nSPS) is 11.6. The molecule has 5 aromatic carbocycles. The summed E-state index contributed by atoms with van der Waals surface area (Å²) >= 11 is 0. The smallest absolute Gasteiger partial charge is 0.328 e. The lowest BCUT2D eigenvalue weighted by Gasteiger charge is -2.23. The first-order valence-corrected chi connectivity index (χ1v) is 16.7. The van der Waals surface area contributed by atoms with Crippen LogP contribution in [-0.2, 0) is 35.6 Å². The molecule has 0 spiro atoms. The summed E-state index contributed by atoms with van der Waals surface area (Å²) in [4.78, 5) is 32.0. The summed E-state index contributed by atoms with van der Waals surface area (Å²) in [7, 11) is 1.32. The quantitative estimate of drug-likeness (QED) is 0.105. The van der Waals surface area contributed by atoms with E-state index in [1.54, 1.807) is 18.2 Å². The second-order valence-electron chi connectivity index (χ2n) is 12.1. The zero-order valence-corrected chi connectivity index (χ0v) is 28.1. The van der Waals surface area contributed by atoms with Gasteiger partial charge in [-0.2, -0.15) is 0 Å². The highest BCUT2D eigenvalue weighted by Gasteiger charge is 2.24. The zero-order valence-electron chi connectivity index (χ0n) is 28.1. The number of aromatic amines is 1. The Morgan fingerprint density at radius 3 is 2.02 bits per heavy atom. The van der Waals surface area contributed by atoms with Crippen molar-refractivity contribution in [3.63, 3.8) is 0 Å². The van der Waals surface area contributed by atoms with Crippen LogP contribution in [0.5, 0.6) is 11.5 Å². The molecule has 50 heavy (non-hydrogen) atoms. The molecule has 6 aromatic rings. The fourth-order valence-corrected chi connectivity index (χ4v) is 5.87. The number of ether oxygens (including phenoxy) is 3. The molecule has 1 heterocycles. The fraction of sp³-hybridized carbons (Fsp3) is 0.190. The lowest BCUT2D eigenvalue weighted by Crippen LogP contribution is -2.43. The van der Waals surface area contributed by atoms with Gasteiger partial charge < -0.3 is 24.5 Å². The summed E-state index contributed by atoms with van der Waals surface area (Å²) in [6.45, 7) is 3.14. The molecule has 254 valence electrons. The Balaban J connectivity index is 1.09. The fourth-order valence-electron chi connectivity index (χ4n) is 5.87. The number of rotatable bonds is 16. The van der Waals surface area contributed by atoms with E-state index in [4.69, 9.17) is 14.2 Å². The minimum atomic E-state index is -0.908. The molecule has 1 atom stereocenters. The van der Waals surface area contributed by atoms with Gasteiger partial charge in [-0.25, -0.2) is 4.79 Å². The molecule has 0 aliphatic heterocycles. The number of hydrogen-bond donors (Lipinski definition) is 2. The number of carbonyl (C=O) groups excluding carboxylic acids is 2. The number of H-pyrrole nitrogens is 1. The highest BCUT2D eigenvalue weighted by atomic mass is 16.5. The molecule has 0 bridgehead atoms. The highest BCUT2D eigenvalue weighted by Crippen LogP contribution is 2.26. The maximum Gasteiger partial charge on any atom is 0.328 e. The molecule has 1 amide bonds. The van der Waals surface area contributed by atoms with Gasteiger partial charge in [0.1, 0.15) is 30.8 Å². The first-order valence-electron chi connectivity index (χ1n) is 16.7. The van der Waals surface area contributed by atoms with Crippen molar-refractivity contribution in [2.45, 2.75) is 32.2 Å². The number of hydrogen-bond acceptors (Lipinski definition) is 6. The SMILES string of the molecule is COC(=O)C(Cc1c[nH]c2ccc(OCc3ccccc3)cc12)NC(=O)c1cccc(OCCN(Cc2ccccc2)Cc2ccccc2)c1. The number of aromatic nitrogens is 1. The molecule has 1 aromatic heterocycles.